The molecular formula is C45H68F2N2. The summed E-state index contributed by atoms with van der Waals surface area (Å²) in [6, 6.07) is 26.6. The first-order valence-electron chi connectivity index (χ1n) is 18.3. The summed E-state index contributed by atoms with van der Waals surface area (Å²) in [7, 11) is 1.79. The van der Waals surface area contributed by atoms with Crippen LogP contribution in [0, 0.1) is 13.8 Å². The number of benzene rings is 3. The number of aryl methyl sites for hydroxylation is 4. The predicted octanol–water partition coefficient (Wildman–Crippen LogP) is 13.1. The quantitative estimate of drug-likeness (QED) is 0.138. The summed E-state index contributed by atoms with van der Waals surface area (Å²) in [6.45, 7) is 27.0. The Hall–Kier alpha value is -3.37. The standard InChI is InChI=1S/C23H28.C15H23N.C4H9N.C2H6.CH2F2/c1-18(2)23-16-14-22(15-17-23)13-8-19(3)6-5-7-21-11-9-20(4)10-12-21;1-13-5-7-15(8-6-13)14(2)9-12-16-10-3-4-11-16;1-4(2)5-3;1-2;2-1-3/h9-12,14-17H,1,3,5-8,13H2,2,4H3;5-8,14H,3-4,9-12H2,1-2H3;1-3H3;1-2H3;1H2/t;14-;;;/m.0.../s1. The highest BCUT2D eigenvalue weighted by Gasteiger charge is 2.13. The van der Waals surface area contributed by atoms with Crippen LogP contribution in [0.2, 0.25) is 0 Å². The number of hydrogen-bond donors (Lipinski definition) is 0. The molecule has 0 aromatic heterocycles. The average molecular weight is 675 g/mol. The van der Waals surface area contributed by atoms with Crippen molar-refractivity contribution in [2.24, 2.45) is 4.99 Å². The van der Waals surface area contributed by atoms with Crippen LogP contribution in [0.25, 0.3) is 5.57 Å². The molecule has 1 aliphatic rings. The Morgan fingerprint density at radius 2 is 1.20 bits per heavy atom. The van der Waals surface area contributed by atoms with Gasteiger partial charge in [0, 0.05) is 12.8 Å². The van der Waals surface area contributed by atoms with E-state index in [4.69, 9.17) is 0 Å². The summed E-state index contributed by atoms with van der Waals surface area (Å²) in [5, 5.41) is 0. The van der Waals surface area contributed by atoms with Crippen LogP contribution in [0.4, 0.5) is 8.78 Å². The van der Waals surface area contributed by atoms with E-state index in [1.165, 1.54) is 84.3 Å². The van der Waals surface area contributed by atoms with Crippen LogP contribution in [0.1, 0.15) is 119 Å². The Kier molecular flexibility index (Phi) is 26.5. The smallest absolute Gasteiger partial charge is 0.229 e. The van der Waals surface area contributed by atoms with Gasteiger partial charge in [-0.1, -0.05) is 129 Å². The highest BCUT2D eigenvalue weighted by Crippen LogP contribution is 2.21. The van der Waals surface area contributed by atoms with Crippen molar-refractivity contribution in [2.45, 2.75) is 113 Å². The highest BCUT2D eigenvalue weighted by atomic mass is 19.3. The Balaban J connectivity index is 0.000000765. The molecule has 1 aliphatic heterocycles. The lowest BCUT2D eigenvalue weighted by Gasteiger charge is -2.18. The first-order chi connectivity index (χ1) is 23.5. The van der Waals surface area contributed by atoms with Crippen LogP contribution in [-0.4, -0.2) is 44.2 Å². The zero-order chi connectivity index (χ0) is 37.0. The molecular weight excluding hydrogens is 607 g/mol. The van der Waals surface area contributed by atoms with Crippen LogP contribution in [0.15, 0.2) is 96.5 Å². The third-order valence-electron chi connectivity index (χ3n) is 8.50. The first kappa shape index (κ1) is 45.6. The maximum Gasteiger partial charge on any atom is 0.229 e. The van der Waals surface area contributed by atoms with E-state index >= 15 is 0 Å². The van der Waals surface area contributed by atoms with Gasteiger partial charge >= 0.3 is 0 Å². The molecule has 49 heavy (non-hydrogen) atoms. The molecule has 1 fully saturated rings. The average Bonchev–Trinajstić information content (AvgIpc) is 3.63. The second kappa shape index (κ2) is 28.5. The lowest BCUT2D eigenvalue weighted by atomic mass is 9.97. The fourth-order valence-corrected chi connectivity index (χ4v) is 5.14. The second-order valence-corrected chi connectivity index (χ2v) is 13.0. The molecule has 4 heteroatoms. The Morgan fingerprint density at radius 1 is 0.755 bits per heavy atom. The first-order valence-corrected chi connectivity index (χ1v) is 18.3. The van der Waals surface area contributed by atoms with Crippen LogP contribution in [0.5, 0.6) is 0 Å². The third kappa shape index (κ3) is 22.8. The molecule has 0 radical (unpaired) electrons. The molecule has 0 spiro atoms. The minimum absolute atomic E-state index is 0.696. The summed E-state index contributed by atoms with van der Waals surface area (Å²) < 4.78 is 19.2. The molecule has 0 saturated carbocycles. The van der Waals surface area contributed by atoms with Crippen LogP contribution < -0.4 is 0 Å². The number of allylic oxidation sites excluding steroid dienone is 2. The molecule has 3 aromatic carbocycles. The molecule has 0 aliphatic carbocycles. The van der Waals surface area contributed by atoms with Crippen molar-refractivity contribution in [1.29, 1.82) is 0 Å². The molecule has 0 N–H and O–H groups in total. The normalized spacial score (nSPS) is 12.3. The fourth-order valence-electron chi connectivity index (χ4n) is 5.14. The van der Waals surface area contributed by atoms with Gasteiger partial charge in [0.1, 0.15) is 0 Å². The van der Waals surface area contributed by atoms with Gasteiger partial charge in [-0.15, -0.1) is 0 Å². The van der Waals surface area contributed by atoms with Crippen molar-refractivity contribution in [3.8, 4) is 0 Å². The van der Waals surface area contributed by atoms with Crippen LogP contribution in [-0.2, 0) is 12.8 Å². The van der Waals surface area contributed by atoms with Crippen molar-refractivity contribution >= 4 is 11.3 Å². The van der Waals surface area contributed by atoms with Crippen molar-refractivity contribution in [1.82, 2.24) is 4.90 Å². The molecule has 2 nitrogen and oxygen atoms in total. The molecule has 0 amide bonds. The number of aliphatic imine (C=N–C) groups is 1. The molecule has 1 atom stereocenters. The summed E-state index contributed by atoms with van der Waals surface area (Å²) in [5.41, 5.74) is 11.8. The van der Waals surface area contributed by atoms with Gasteiger partial charge in [0.15, 0.2) is 0 Å². The van der Waals surface area contributed by atoms with E-state index in [1.54, 1.807) is 7.05 Å². The number of hydrogen-bond acceptors (Lipinski definition) is 2. The Bertz CT molecular complexity index is 1280. The summed E-state index contributed by atoms with van der Waals surface area (Å²) >= 11 is 0. The number of alkyl halides is 2. The highest BCUT2D eigenvalue weighted by molar-refractivity contribution is 5.78. The van der Waals surface area contributed by atoms with Crippen molar-refractivity contribution in [3.05, 3.63) is 125 Å². The Labute approximate surface area is 300 Å². The van der Waals surface area contributed by atoms with Gasteiger partial charge in [0.05, 0.1) is 0 Å². The zero-order valence-electron chi connectivity index (χ0n) is 32.6. The number of likely N-dealkylation sites (tertiary alicyclic amines) is 1. The van der Waals surface area contributed by atoms with Crippen LogP contribution in [0.3, 0.4) is 0 Å². The second-order valence-electron chi connectivity index (χ2n) is 13.0. The van der Waals surface area contributed by atoms with Gasteiger partial charge in [-0.2, -0.15) is 0 Å². The van der Waals surface area contributed by atoms with Crippen LogP contribution >= 0.6 is 0 Å². The molecule has 0 bridgehead atoms. The van der Waals surface area contributed by atoms with Gasteiger partial charge in [-0.05, 0) is 134 Å². The van der Waals surface area contributed by atoms with Gasteiger partial charge in [-0.3, -0.25) is 4.99 Å². The molecule has 1 saturated heterocycles. The van der Waals surface area contributed by atoms with Crippen molar-refractivity contribution < 1.29 is 8.78 Å². The zero-order valence-corrected chi connectivity index (χ0v) is 32.6. The van der Waals surface area contributed by atoms with Crippen molar-refractivity contribution in [3.63, 3.8) is 0 Å². The van der Waals surface area contributed by atoms with E-state index in [0.29, 0.717) is 5.92 Å². The number of halogens is 2. The third-order valence-corrected chi connectivity index (χ3v) is 8.50. The van der Waals surface area contributed by atoms with Gasteiger partial charge in [0.2, 0.25) is 6.93 Å². The SMILES string of the molecule is C=C(CCCc1ccc(C)cc1)CCc1ccc(C(=C)C)cc1.CC.CN=C(C)C.Cc1ccc([C@@H](C)CCN2CCCC2)cc1.FCF. The molecule has 4 rings (SSSR count). The lowest BCUT2D eigenvalue weighted by Crippen LogP contribution is -2.21. The maximum absolute atomic E-state index is 9.62. The van der Waals surface area contributed by atoms with Gasteiger partial charge in [0.25, 0.3) is 0 Å². The molecule has 1 heterocycles. The van der Waals surface area contributed by atoms with E-state index in [1.807, 2.05) is 34.6 Å². The minimum Gasteiger partial charge on any atom is -0.303 e. The monoisotopic (exact) mass is 675 g/mol. The molecule has 0 unspecified atom stereocenters. The lowest BCUT2D eigenvalue weighted by molar-refractivity contribution is 0.295. The van der Waals surface area contributed by atoms with Gasteiger partial charge < -0.3 is 4.90 Å². The van der Waals surface area contributed by atoms with E-state index in [0.717, 1.165) is 37.0 Å². The maximum atomic E-state index is 9.62. The largest absolute Gasteiger partial charge is 0.303 e. The fraction of sp³-hybridized carbons (Fsp3) is 0.489. The number of nitrogens with zero attached hydrogens (tertiary/aromatic N) is 2. The van der Waals surface area contributed by atoms with E-state index in [2.05, 4.69) is 117 Å². The molecule has 3 aromatic rings. The molecule has 272 valence electrons. The summed E-state index contributed by atoms with van der Waals surface area (Å²) in [6.07, 6.45) is 9.72. The van der Waals surface area contributed by atoms with E-state index in [-0.39, 0.29) is 0 Å². The minimum atomic E-state index is -1.75. The number of rotatable bonds is 12. The topological polar surface area (TPSA) is 15.6 Å². The van der Waals surface area contributed by atoms with E-state index in [9.17, 15) is 8.78 Å². The Morgan fingerprint density at radius 3 is 1.67 bits per heavy atom. The summed E-state index contributed by atoms with van der Waals surface area (Å²) in [4.78, 5) is 6.41. The van der Waals surface area contributed by atoms with E-state index < -0.39 is 6.93 Å². The predicted molar refractivity (Wildman–Crippen MR) is 216 cm³/mol. The van der Waals surface area contributed by atoms with Crippen molar-refractivity contribution in [2.75, 3.05) is 33.6 Å². The summed E-state index contributed by atoms with van der Waals surface area (Å²) in [5.74, 6) is 0.696. The van der Waals surface area contributed by atoms with Gasteiger partial charge in [-0.25, -0.2) is 8.78 Å².